The van der Waals surface area contributed by atoms with E-state index in [4.69, 9.17) is 4.74 Å². The first-order valence-corrected chi connectivity index (χ1v) is 7.68. The molecule has 126 valence electrons. The molecule has 4 nitrogen and oxygen atoms in total. The smallest absolute Gasteiger partial charge is 0.224 e. The summed E-state index contributed by atoms with van der Waals surface area (Å²) in [6.07, 6.45) is 0.754. The molecule has 0 aliphatic carbocycles. The number of ketones is 1. The predicted molar refractivity (Wildman–Crippen MR) is 89.8 cm³/mol. The van der Waals surface area contributed by atoms with Crippen LogP contribution in [0.3, 0.4) is 0 Å². The predicted octanol–water partition coefficient (Wildman–Crippen LogP) is 2.94. The van der Waals surface area contributed by atoms with Crippen LogP contribution in [-0.4, -0.2) is 25.3 Å². The Morgan fingerprint density at radius 2 is 1.83 bits per heavy atom. The number of nitrogens with one attached hydrogen (secondary N) is 1. The lowest BCUT2D eigenvalue weighted by Crippen LogP contribution is -2.27. The average molecular weight is 329 g/mol. The van der Waals surface area contributed by atoms with Gasteiger partial charge in [0.2, 0.25) is 5.91 Å². The second-order valence-corrected chi connectivity index (χ2v) is 5.49. The minimum atomic E-state index is -0.278. The largest absolute Gasteiger partial charge is 0.496 e. The molecule has 5 heteroatoms. The van der Waals surface area contributed by atoms with Crippen molar-refractivity contribution in [3.8, 4) is 5.75 Å². The molecule has 0 radical (unpaired) electrons. The molecule has 0 unspecified atom stereocenters. The van der Waals surface area contributed by atoms with E-state index in [1.165, 1.54) is 26.2 Å². The van der Waals surface area contributed by atoms with Crippen LogP contribution >= 0.6 is 0 Å². The summed E-state index contributed by atoms with van der Waals surface area (Å²) in [4.78, 5) is 23.6. The van der Waals surface area contributed by atoms with E-state index in [0.717, 1.165) is 5.56 Å². The van der Waals surface area contributed by atoms with Gasteiger partial charge >= 0.3 is 0 Å². The molecular formula is C19H20FNO3. The number of carbonyl (C=O) groups is 2. The van der Waals surface area contributed by atoms with E-state index in [2.05, 4.69) is 5.32 Å². The van der Waals surface area contributed by atoms with Crippen molar-refractivity contribution in [3.63, 3.8) is 0 Å². The second-order valence-electron chi connectivity index (χ2n) is 5.49. The highest BCUT2D eigenvalue weighted by Gasteiger charge is 2.11. The fourth-order valence-corrected chi connectivity index (χ4v) is 2.37. The molecule has 24 heavy (non-hydrogen) atoms. The van der Waals surface area contributed by atoms with Crippen LogP contribution < -0.4 is 10.1 Å². The van der Waals surface area contributed by atoms with Crippen LogP contribution in [0.1, 0.15) is 28.4 Å². The van der Waals surface area contributed by atoms with Crippen molar-refractivity contribution < 1.29 is 18.7 Å². The summed E-state index contributed by atoms with van der Waals surface area (Å²) in [5.41, 5.74) is 2.17. The minimum absolute atomic E-state index is 0.0596. The summed E-state index contributed by atoms with van der Waals surface area (Å²) in [6, 6.07) is 11.2. The summed E-state index contributed by atoms with van der Waals surface area (Å²) in [5, 5.41) is 2.82. The highest BCUT2D eigenvalue weighted by molar-refractivity contribution is 5.94. The molecule has 0 spiro atoms. The SMILES string of the molecule is COc1ccc(C(C)=O)cc1CC(=O)NCCc1ccc(F)cc1. The Kier molecular flexibility index (Phi) is 6.07. The number of hydrogen-bond donors (Lipinski definition) is 1. The van der Waals surface area contributed by atoms with E-state index in [-0.39, 0.29) is 23.9 Å². The Balaban J connectivity index is 1.93. The Hall–Kier alpha value is -2.69. The molecule has 1 N–H and O–H groups in total. The van der Waals surface area contributed by atoms with Crippen LogP contribution in [0.4, 0.5) is 4.39 Å². The first-order valence-electron chi connectivity index (χ1n) is 7.68. The van der Waals surface area contributed by atoms with Gasteiger partial charge in [0, 0.05) is 17.7 Å². The van der Waals surface area contributed by atoms with Gasteiger partial charge in [0.05, 0.1) is 13.5 Å². The molecule has 0 saturated heterocycles. The average Bonchev–Trinajstić information content (AvgIpc) is 2.56. The number of carbonyl (C=O) groups excluding carboxylic acids is 2. The number of Topliss-reactive ketones (excluding diaryl/α,β-unsaturated/α-hetero) is 1. The lowest BCUT2D eigenvalue weighted by Gasteiger charge is -2.10. The molecule has 0 fully saturated rings. The van der Waals surface area contributed by atoms with Crippen LogP contribution in [-0.2, 0) is 17.6 Å². The molecule has 0 aliphatic rings. The summed E-state index contributed by atoms with van der Waals surface area (Å²) >= 11 is 0. The van der Waals surface area contributed by atoms with Gasteiger partial charge in [-0.2, -0.15) is 0 Å². The molecule has 0 saturated carbocycles. The highest BCUT2D eigenvalue weighted by Crippen LogP contribution is 2.20. The lowest BCUT2D eigenvalue weighted by molar-refractivity contribution is -0.120. The maximum absolute atomic E-state index is 12.8. The number of halogens is 1. The van der Waals surface area contributed by atoms with Crippen LogP contribution in [0.25, 0.3) is 0 Å². The maximum atomic E-state index is 12.8. The molecule has 2 aromatic carbocycles. The Labute approximate surface area is 140 Å². The monoisotopic (exact) mass is 329 g/mol. The third kappa shape index (κ3) is 4.91. The number of methoxy groups -OCH3 is 1. The van der Waals surface area contributed by atoms with Crippen LogP contribution in [0.5, 0.6) is 5.75 Å². The van der Waals surface area contributed by atoms with Crippen molar-refractivity contribution >= 4 is 11.7 Å². The molecule has 0 aromatic heterocycles. The maximum Gasteiger partial charge on any atom is 0.224 e. The molecule has 0 aliphatic heterocycles. The van der Waals surface area contributed by atoms with Crippen LogP contribution in [0.2, 0.25) is 0 Å². The van der Waals surface area contributed by atoms with Gasteiger partial charge in [0.15, 0.2) is 5.78 Å². The molecule has 1 amide bonds. The van der Waals surface area contributed by atoms with Gasteiger partial charge in [-0.05, 0) is 49.2 Å². The number of ether oxygens (including phenoxy) is 1. The van der Waals surface area contributed by atoms with Gasteiger partial charge < -0.3 is 10.1 Å². The number of amides is 1. The summed E-state index contributed by atoms with van der Waals surface area (Å²) in [7, 11) is 1.53. The van der Waals surface area contributed by atoms with E-state index in [1.807, 2.05) is 0 Å². The zero-order chi connectivity index (χ0) is 17.5. The molecule has 2 rings (SSSR count). The van der Waals surface area contributed by atoms with E-state index in [0.29, 0.717) is 29.8 Å². The van der Waals surface area contributed by atoms with Gasteiger partial charge in [-0.1, -0.05) is 12.1 Å². The highest BCUT2D eigenvalue weighted by atomic mass is 19.1. The van der Waals surface area contributed by atoms with E-state index in [9.17, 15) is 14.0 Å². The number of rotatable bonds is 7. The quantitative estimate of drug-likeness (QED) is 0.795. The fraction of sp³-hybridized carbons (Fsp3) is 0.263. The van der Waals surface area contributed by atoms with E-state index in [1.54, 1.807) is 30.3 Å². The first kappa shape index (κ1) is 17.7. The lowest BCUT2D eigenvalue weighted by atomic mass is 10.0. The normalized spacial score (nSPS) is 10.3. The Morgan fingerprint density at radius 1 is 1.12 bits per heavy atom. The molecule has 0 atom stereocenters. The van der Waals surface area contributed by atoms with Gasteiger partial charge in [0.1, 0.15) is 11.6 Å². The zero-order valence-corrected chi connectivity index (χ0v) is 13.8. The summed E-state index contributed by atoms with van der Waals surface area (Å²) in [5.74, 6) is 0.0839. The zero-order valence-electron chi connectivity index (χ0n) is 13.8. The van der Waals surface area contributed by atoms with Gasteiger partial charge in [0.25, 0.3) is 0 Å². The molecule has 0 heterocycles. The molecular weight excluding hydrogens is 309 g/mol. The van der Waals surface area contributed by atoms with Gasteiger partial charge in [-0.25, -0.2) is 4.39 Å². The van der Waals surface area contributed by atoms with Crippen molar-refractivity contribution in [2.75, 3.05) is 13.7 Å². The van der Waals surface area contributed by atoms with Crippen LogP contribution in [0, 0.1) is 5.82 Å². The number of benzene rings is 2. The Morgan fingerprint density at radius 3 is 2.46 bits per heavy atom. The second kappa shape index (κ2) is 8.24. The first-order chi connectivity index (χ1) is 11.5. The van der Waals surface area contributed by atoms with Crippen molar-refractivity contribution in [1.82, 2.24) is 5.32 Å². The molecule has 2 aromatic rings. The van der Waals surface area contributed by atoms with Crippen LogP contribution in [0.15, 0.2) is 42.5 Å². The standard InChI is InChI=1S/C19H20FNO3/c1-13(22)15-5-8-18(24-2)16(11-15)12-19(23)21-10-9-14-3-6-17(20)7-4-14/h3-8,11H,9-10,12H2,1-2H3,(H,21,23). The number of hydrogen-bond acceptors (Lipinski definition) is 3. The Bertz CT molecular complexity index is 726. The summed E-state index contributed by atoms with van der Waals surface area (Å²) in [6.45, 7) is 1.94. The van der Waals surface area contributed by atoms with Gasteiger partial charge in [-0.15, -0.1) is 0 Å². The van der Waals surface area contributed by atoms with Crippen molar-refractivity contribution in [1.29, 1.82) is 0 Å². The van der Waals surface area contributed by atoms with E-state index >= 15 is 0 Å². The summed E-state index contributed by atoms with van der Waals surface area (Å²) < 4.78 is 18.1. The van der Waals surface area contributed by atoms with Crippen molar-refractivity contribution in [2.24, 2.45) is 0 Å². The minimum Gasteiger partial charge on any atom is -0.496 e. The third-order valence-corrected chi connectivity index (χ3v) is 3.69. The topological polar surface area (TPSA) is 55.4 Å². The van der Waals surface area contributed by atoms with Crippen molar-refractivity contribution in [3.05, 3.63) is 65.0 Å². The van der Waals surface area contributed by atoms with Gasteiger partial charge in [-0.3, -0.25) is 9.59 Å². The third-order valence-electron chi connectivity index (χ3n) is 3.69. The molecule has 0 bridgehead atoms. The van der Waals surface area contributed by atoms with E-state index < -0.39 is 0 Å². The van der Waals surface area contributed by atoms with Crippen molar-refractivity contribution in [2.45, 2.75) is 19.8 Å². The fourth-order valence-electron chi connectivity index (χ4n) is 2.37.